The highest BCUT2D eigenvalue weighted by atomic mass is 19.1. The van der Waals surface area contributed by atoms with Gasteiger partial charge in [0.2, 0.25) is 0 Å². The van der Waals surface area contributed by atoms with Crippen LogP contribution in [0.2, 0.25) is 0 Å². The summed E-state index contributed by atoms with van der Waals surface area (Å²) in [6.07, 6.45) is -0.191. The first kappa shape index (κ1) is 14.0. The van der Waals surface area contributed by atoms with Crippen molar-refractivity contribution in [2.45, 2.75) is 13.0 Å². The lowest BCUT2D eigenvalue weighted by atomic mass is 10.2. The van der Waals surface area contributed by atoms with Crippen LogP contribution in [0.5, 0.6) is 0 Å². The molecular weight excluding hydrogens is 249 g/mol. The lowest BCUT2D eigenvalue weighted by molar-refractivity contribution is -0.910. The Balaban J connectivity index is 1.84. The molecule has 1 aromatic rings. The van der Waals surface area contributed by atoms with Gasteiger partial charge >= 0.3 is 5.97 Å². The van der Waals surface area contributed by atoms with Gasteiger partial charge in [-0.25, -0.2) is 9.18 Å². The number of esters is 1. The van der Waals surface area contributed by atoms with Crippen LogP contribution in [0.25, 0.3) is 0 Å². The summed E-state index contributed by atoms with van der Waals surface area (Å²) in [6, 6.07) is 5.55. The Morgan fingerprint density at radius 2 is 2.21 bits per heavy atom. The first-order valence-electron chi connectivity index (χ1n) is 6.53. The second-order valence-corrected chi connectivity index (χ2v) is 4.79. The van der Waals surface area contributed by atoms with Gasteiger partial charge in [0.25, 0.3) is 0 Å². The van der Waals surface area contributed by atoms with Crippen LogP contribution in [0.4, 0.5) is 4.39 Å². The number of hydrogen-bond donors (Lipinski definition) is 1. The van der Waals surface area contributed by atoms with E-state index in [1.807, 2.05) is 6.92 Å². The zero-order valence-electron chi connectivity index (χ0n) is 11.0. The molecule has 0 radical (unpaired) electrons. The van der Waals surface area contributed by atoms with Crippen molar-refractivity contribution in [2.24, 2.45) is 0 Å². The molecule has 5 heteroatoms. The molecule has 1 atom stereocenters. The van der Waals surface area contributed by atoms with E-state index in [1.165, 1.54) is 23.1 Å². The minimum absolute atomic E-state index is 0.191. The Hall–Kier alpha value is -1.46. The highest BCUT2D eigenvalue weighted by molar-refractivity contribution is 5.89. The van der Waals surface area contributed by atoms with Crippen LogP contribution in [0.1, 0.15) is 17.3 Å². The Morgan fingerprint density at radius 1 is 1.47 bits per heavy atom. The standard InChI is InChI=1S/C14H18FNO3/c1-11(10-16-5-7-18-8-6-16)19-14(17)12-3-2-4-13(15)9-12/h2-4,9,11H,5-8,10H2,1H3/p+1/t11-/m0/s1. The minimum atomic E-state index is -0.473. The molecule has 4 nitrogen and oxygen atoms in total. The quantitative estimate of drug-likeness (QED) is 0.798. The summed E-state index contributed by atoms with van der Waals surface area (Å²) in [5.41, 5.74) is 0.254. The number of carbonyl (C=O) groups excluding carboxylic acids is 1. The molecule has 1 aliphatic rings. The van der Waals surface area contributed by atoms with Crippen LogP contribution in [-0.2, 0) is 9.47 Å². The van der Waals surface area contributed by atoms with Crippen molar-refractivity contribution < 1.29 is 23.6 Å². The van der Waals surface area contributed by atoms with Crippen LogP contribution in [0.15, 0.2) is 24.3 Å². The Morgan fingerprint density at radius 3 is 2.89 bits per heavy atom. The van der Waals surface area contributed by atoms with Gasteiger partial charge in [0, 0.05) is 0 Å². The molecule has 19 heavy (non-hydrogen) atoms. The fraction of sp³-hybridized carbons (Fsp3) is 0.500. The first-order chi connectivity index (χ1) is 9.15. The van der Waals surface area contributed by atoms with E-state index in [2.05, 4.69) is 0 Å². The average molecular weight is 268 g/mol. The topological polar surface area (TPSA) is 40.0 Å². The number of carbonyl (C=O) groups is 1. The molecule has 0 saturated carbocycles. The molecular formula is C14H19FNO3+. The van der Waals surface area contributed by atoms with E-state index < -0.39 is 11.8 Å². The second kappa shape index (κ2) is 6.63. The summed E-state index contributed by atoms with van der Waals surface area (Å²) in [6.45, 7) is 5.98. The molecule has 1 heterocycles. The number of rotatable bonds is 4. The molecule has 0 amide bonds. The van der Waals surface area contributed by atoms with Gasteiger partial charge in [-0.15, -0.1) is 0 Å². The van der Waals surface area contributed by atoms with Gasteiger partial charge in [-0.1, -0.05) is 6.07 Å². The number of benzene rings is 1. The maximum absolute atomic E-state index is 13.0. The van der Waals surface area contributed by atoms with Crippen molar-refractivity contribution in [3.8, 4) is 0 Å². The van der Waals surface area contributed by atoms with Crippen molar-refractivity contribution in [1.82, 2.24) is 0 Å². The van der Waals surface area contributed by atoms with Crippen molar-refractivity contribution in [2.75, 3.05) is 32.8 Å². The van der Waals surface area contributed by atoms with Gasteiger partial charge in [0.1, 0.15) is 31.6 Å². The molecule has 0 aliphatic carbocycles. The van der Waals surface area contributed by atoms with Crippen molar-refractivity contribution >= 4 is 5.97 Å². The minimum Gasteiger partial charge on any atom is -0.453 e. The molecule has 1 fully saturated rings. The average Bonchev–Trinajstić information content (AvgIpc) is 2.39. The van der Waals surface area contributed by atoms with Gasteiger partial charge in [-0.3, -0.25) is 0 Å². The number of nitrogens with one attached hydrogen (secondary N) is 1. The van der Waals surface area contributed by atoms with Gasteiger partial charge in [0.05, 0.1) is 18.8 Å². The van der Waals surface area contributed by atoms with E-state index in [0.717, 1.165) is 32.8 Å². The highest BCUT2D eigenvalue weighted by Gasteiger charge is 2.20. The predicted molar refractivity (Wildman–Crippen MR) is 67.7 cm³/mol. The fourth-order valence-electron chi connectivity index (χ4n) is 2.18. The Labute approximate surface area is 112 Å². The molecule has 0 bridgehead atoms. The number of quaternary nitrogens is 1. The van der Waals surface area contributed by atoms with E-state index in [1.54, 1.807) is 6.07 Å². The van der Waals surface area contributed by atoms with Crippen molar-refractivity contribution in [1.29, 1.82) is 0 Å². The van der Waals surface area contributed by atoms with E-state index in [-0.39, 0.29) is 11.7 Å². The van der Waals surface area contributed by atoms with Crippen molar-refractivity contribution in [3.63, 3.8) is 0 Å². The largest absolute Gasteiger partial charge is 0.453 e. The normalized spacial score (nSPS) is 18.0. The SMILES string of the molecule is C[C@@H](C[NH+]1CCOCC1)OC(=O)c1cccc(F)c1. The molecule has 104 valence electrons. The maximum Gasteiger partial charge on any atom is 0.338 e. The highest BCUT2D eigenvalue weighted by Crippen LogP contribution is 2.06. The van der Waals surface area contributed by atoms with Crippen molar-refractivity contribution in [3.05, 3.63) is 35.6 Å². The summed E-state index contributed by atoms with van der Waals surface area (Å²) in [5, 5.41) is 0. The van der Waals surface area contributed by atoms with E-state index >= 15 is 0 Å². The zero-order chi connectivity index (χ0) is 13.7. The lowest BCUT2D eigenvalue weighted by Gasteiger charge is -2.26. The van der Waals surface area contributed by atoms with Gasteiger partial charge in [-0.2, -0.15) is 0 Å². The van der Waals surface area contributed by atoms with Gasteiger partial charge in [-0.05, 0) is 25.1 Å². The number of hydrogen-bond acceptors (Lipinski definition) is 3. The van der Waals surface area contributed by atoms with Crippen LogP contribution in [0.3, 0.4) is 0 Å². The molecule has 1 aromatic carbocycles. The van der Waals surface area contributed by atoms with Gasteiger partial charge in [0.15, 0.2) is 0 Å². The summed E-state index contributed by atoms with van der Waals surface area (Å²) >= 11 is 0. The molecule has 1 N–H and O–H groups in total. The predicted octanol–water partition coefficient (Wildman–Crippen LogP) is 0.286. The second-order valence-electron chi connectivity index (χ2n) is 4.79. The molecule has 1 saturated heterocycles. The monoisotopic (exact) mass is 268 g/mol. The zero-order valence-corrected chi connectivity index (χ0v) is 11.0. The summed E-state index contributed by atoms with van der Waals surface area (Å²) in [4.78, 5) is 13.2. The fourth-order valence-corrected chi connectivity index (χ4v) is 2.18. The third-order valence-corrected chi connectivity index (χ3v) is 3.14. The van der Waals surface area contributed by atoms with E-state index in [4.69, 9.17) is 9.47 Å². The van der Waals surface area contributed by atoms with Crippen LogP contribution in [0, 0.1) is 5.82 Å². The number of morpholine rings is 1. The van der Waals surface area contributed by atoms with E-state index in [9.17, 15) is 9.18 Å². The molecule has 2 rings (SSSR count). The number of ether oxygens (including phenoxy) is 2. The lowest BCUT2D eigenvalue weighted by Crippen LogP contribution is -3.15. The Kier molecular flexibility index (Phi) is 4.87. The molecule has 0 unspecified atom stereocenters. The summed E-state index contributed by atoms with van der Waals surface area (Å²) in [7, 11) is 0. The van der Waals surface area contributed by atoms with Crippen LogP contribution < -0.4 is 4.90 Å². The smallest absolute Gasteiger partial charge is 0.338 e. The molecule has 0 spiro atoms. The molecule has 1 aliphatic heterocycles. The van der Waals surface area contributed by atoms with Crippen LogP contribution >= 0.6 is 0 Å². The maximum atomic E-state index is 13.0. The third kappa shape index (κ3) is 4.29. The Bertz CT molecular complexity index is 432. The van der Waals surface area contributed by atoms with Crippen LogP contribution in [-0.4, -0.2) is 44.9 Å². The van der Waals surface area contributed by atoms with Gasteiger partial charge < -0.3 is 14.4 Å². The molecule has 0 aromatic heterocycles. The van der Waals surface area contributed by atoms with E-state index in [0.29, 0.717) is 0 Å². The summed E-state index contributed by atoms with van der Waals surface area (Å²) in [5.74, 6) is -0.902. The first-order valence-corrected chi connectivity index (χ1v) is 6.53. The third-order valence-electron chi connectivity index (χ3n) is 3.14. The summed E-state index contributed by atoms with van der Waals surface area (Å²) < 4.78 is 23.6. The number of halogens is 1.